The largest absolute Gasteiger partial charge is 0.339 e. The number of nitrogens with zero attached hydrogens (tertiary/aromatic N) is 3. The van der Waals surface area contributed by atoms with E-state index in [1.165, 1.54) is 19.3 Å². The van der Waals surface area contributed by atoms with E-state index in [1.54, 1.807) is 0 Å². The van der Waals surface area contributed by atoms with Gasteiger partial charge in [-0.2, -0.15) is 4.98 Å². The van der Waals surface area contributed by atoms with Crippen molar-refractivity contribution in [1.82, 2.24) is 20.4 Å². The fourth-order valence-electron chi connectivity index (χ4n) is 2.96. The number of rotatable bonds is 3. The number of amides is 2. The Kier molecular flexibility index (Phi) is 4.12. The van der Waals surface area contributed by atoms with Crippen LogP contribution in [0.4, 0.5) is 4.79 Å². The van der Waals surface area contributed by atoms with E-state index in [4.69, 9.17) is 4.52 Å². The van der Waals surface area contributed by atoms with Crippen molar-refractivity contribution in [2.45, 2.75) is 63.8 Å². The number of nitrogens with one attached hydrogen (secondary N) is 1. The van der Waals surface area contributed by atoms with Crippen molar-refractivity contribution in [3.63, 3.8) is 0 Å². The van der Waals surface area contributed by atoms with Crippen molar-refractivity contribution in [1.29, 1.82) is 0 Å². The van der Waals surface area contributed by atoms with E-state index in [1.807, 2.05) is 18.7 Å². The first-order valence-corrected chi connectivity index (χ1v) is 8.02. The topological polar surface area (TPSA) is 71.3 Å². The van der Waals surface area contributed by atoms with Crippen molar-refractivity contribution >= 4 is 6.03 Å². The van der Waals surface area contributed by atoms with Gasteiger partial charge in [-0.15, -0.1) is 0 Å². The number of carbonyl (C=O) groups excluding carboxylic acids is 1. The van der Waals surface area contributed by atoms with Gasteiger partial charge in [0.25, 0.3) is 0 Å². The van der Waals surface area contributed by atoms with E-state index in [-0.39, 0.29) is 17.9 Å². The van der Waals surface area contributed by atoms with Crippen LogP contribution >= 0.6 is 0 Å². The summed E-state index contributed by atoms with van der Waals surface area (Å²) in [6, 6.07) is 0.419. The normalized spacial score (nSPS) is 20.6. The molecule has 2 aliphatic rings. The first-order valence-electron chi connectivity index (χ1n) is 8.02. The number of urea groups is 1. The minimum Gasteiger partial charge on any atom is -0.339 e. The Morgan fingerprint density at radius 3 is 2.62 bits per heavy atom. The molecular formula is C15H24N4O2. The van der Waals surface area contributed by atoms with Gasteiger partial charge < -0.3 is 14.7 Å². The fourth-order valence-corrected chi connectivity index (χ4v) is 2.96. The average Bonchev–Trinajstić information content (AvgIpc) is 2.88. The summed E-state index contributed by atoms with van der Waals surface area (Å²) in [5.74, 6) is 1.88. The highest BCUT2D eigenvalue weighted by Gasteiger charge is 2.36. The minimum atomic E-state index is 0.0572. The molecule has 1 aromatic rings. The molecule has 0 spiro atoms. The lowest BCUT2D eigenvalue weighted by molar-refractivity contribution is 0.132. The molecule has 6 heteroatoms. The maximum Gasteiger partial charge on any atom is 0.317 e. The fraction of sp³-hybridized carbons (Fsp3) is 0.800. The smallest absolute Gasteiger partial charge is 0.317 e. The van der Waals surface area contributed by atoms with Crippen LogP contribution in [0.1, 0.15) is 69.5 Å². The van der Waals surface area contributed by atoms with Gasteiger partial charge >= 0.3 is 6.03 Å². The van der Waals surface area contributed by atoms with Crippen molar-refractivity contribution in [2.24, 2.45) is 0 Å². The van der Waals surface area contributed by atoms with E-state index in [0.717, 1.165) is 18.7 Å². The zero-order valence-corrected chi connectivity index (χ0v) is 12.8. The second-order valence-corrected chi connectivity index (χ2v) is 6.53. The molecule has 1 aliphatic heterocycles. The van der Waals surface area contributed by atoms with Crippen LogP contribution < -0.4 is 5.32 Å². The molecule has 2 amide bonds. The lowest BCUT2D eigenvalue weighted by atomic mass is 9.95. The summed E-state index contributed by atoms with van der Waals surface area (Å²) >= 11 is 0. The van der Waals surface area contributed by atoms with E-state index in [0.29, 0.717) is 25.0 Å². The Morgan fingerprint density at radius 2 is 2.00 bits per heavy atom. The summed E-state index contributed by atoms with van der Waals surface area (Å²) in [6.45, 7) is 5.44. The molecule has 21 heavy (non-hydrogen) atoms. The molecule has 2 heterocycles. The standard InChI is InChI=1S/C15H24N4O2/c1-10(2)13-17-14(21-18-13)11-8-19(9-11)15(20)16-12-6-4-3-5-7-12/h10-12H,3-9H2,1-2H3,(H,16,20). The van der Waals surface area contributed by atoms with Crippen molar-refractivity contribution < 1.29 is 9.32 Å². The molecule has 116 valence electrons. The van der Waals surface area contributed by atoms with Crippen LogP contribution in [0.2, 0.25) is 0 Å². The van der Waals surface area contributed by atoms with Crippen molar-refractivity contribution in [3.8, 4) is 0 Å². The van der Waals surface area contributed by atoms with E-state index < -0.39 is 0 Å². The van der Waals surface area contributed by atoms with Gasteiger partial charge in [0.15, 0.2) is 5.82 Å². The van der Waals surface area contributed by atoms with Crippen LogP contribution in [0.5, 0.6) is 0 Å². The highest BCUT2D eigenvalue weighted by Crippen LogP contribution is 2.27. The number of likely N-dealkylation sites (tertiary alicyclic amines) is 1. The second-order valence-electron chi connectivity index (χ2n) is 6.53. The Balaban J connectivity index is 1.47. The summed E-state index contributed by atoms with van der Waals surface area (Å²) in [4.78, 5) is 18.4. The van der Waals surface area contributed by atoms with Crippen LogP contribution in [-0.4, -0.2) is 40.2 Å². The molecule has 0 bridgehead atoms. The third-order valence-corrected chi connectivity index (χ3v) is 4.42. The quantitative estimate of drug-likeness (QED) is 0.929. The predicted octanol–water partition coefficient (Wildman–Crippen LogP) is 2.63. The van der Waals surface area contributed by atoms with E-state index in [2.05, 4.69) is 15.5 Å². The van der Waals surface area contributed by atoms with Gasteiger partial charge in [-0.25, -0.2) is 4.79 Å². The highest BCUT2D eigenvalue weighted by molar-refractivity contribution is 5.75. The molecule has 1 saturated carbocycles. The van der Waals surface area contributed by atoms with Crippen molar-refractivity contribution in [3.05, 3.63) is 11.7 Å². The Bertz CT molecular complexity index is 488. The van der Waals surface area contributed by atoms with E-state index >= 15 is 0 Å². The zero-order valence-electron chi connectivity index (χ0n) is 12.8. The molecule has 1 aliphatic carbocycles. The highest BCUT2D eigenvalue weighted by atomic mass is 16.5. The van der Waals surface area contributed by atoms with Crippen LogP contribution in [0.3, 0.4) is 0 Å². The summed E-state index contributed by atoms with van der Waals surface area (Å²) in [6.07, 6.45) is 5.99. The Labute approximate surface area is 125 Å². The first-order chi connectivity index (χ1) is 10.1. The van der Waals surface area contributed by atoms with Crippen molar-refractivity contribution in [2.75, 3.05) is 13.1 Å². The van der Waals surface area contributed by atoms with Gasteiger partial charge in [0.2, 0.25) is 5.89 Å². The molecule has 1 aromatic heterocycles. The number of hydrogen-bond donors (Lipinski definition) is 1. The molecule has 6 nitrogen and oxygen atoms in total. The summed E-state index contributed by atoms with van der Waals surface area (Å²) in [5, 5.41) is 7.11. The average molecular weight is 292 g/mol. The molecule has 0 atom stereocenters. The van der Waals surface area contributed by atoms with Crippen LogP contribution in [-0.2, 0) is 0 Å². The summed E-state index contributed by atoms with van der Waals surface area (Å²) in [5.41, 5.74) is 0. The minimum absolute atomic E-state index is 0.0572. The van der Waals surface area contributed by atoms with Crippen LogP contribution in [0.15, 0.2) is 4.52 Å². The van der Waals surface area contributed by atoms with E-state index in [9.17, 15) is 4.79 Å². The third kappa shape index (κ3) is 3.19. The Morgan fingerprint density at radius 1 is 1.29 bits per heavy atom. The molecular weight excluding hydrogens is 268 g/mol. The lowest BCUT2D eigenvalue weighted by Gasteiger charge is -2.38. The SMILES string of the molecule is CC(C)c1noc(C2CN(C(=O)NC3CCCCC3)C2)n1. The predicted molar refractivity (Wildman–Crippen MR) is 78.1 cm³/mol. The van der Waals surface area contributed by atoms with Gasteiger partial charge in [0, 0.05) is 25.0 Å². The van der Waals surface area contributed by atoms with Gasteiger partial charge in [-0.05, 0) is 12.8 Å². The number of carbonyl (C=O) groups is 1. The van der Waals surface area contributed by atoms with Gasteiger partial charge in [-0.1, -0.05) is 38.3 Å². The second kappa shape index (κ2) is 6.03. The first kappa shape index (κ1) is 14.4. The zero-order chi connectivity index (χ0) is 14.8. The monoisotopic (exact) mass is 292 g/mol. The molecule has 1 saturated heterocycles. The maximum atomic E-state index is 12.1. The lowest BCUT2D eigenvalue weighted by Crippen LogP contribution is -2.54. The number of hydrogen-bond acceptors (Lipinski definition) is 4. The molecule has 2 fully saturated rings. The molecule has 3 rings (SSSR count). The summed E-state index contributed by atoms with van der Waals surface area (Å²) < 4.78 is 5.29. The maximum absolute atomic E-state index is 12.1. The molecule has 0 aromatic carbocycles. The van der Waals surface area contributed by atoms with Gasteiger partial charge in [0.05, 0.1) is 5.92 Å². The number of aromatic nitrogens is 2. The van der Waals surface area contributed by atoms with Crippen LogP contribution in [0.25, 0.3) is 0 Å². The molecule has 0 radical (unpaired) electrons. The third-order valence-electron chi connectivity index (χ3n) is 4.42. The molecule has 1 N–H and O–H groups in total. The Hall–Kier alpha value is -1.59. The van der Waals surface area contributed by atoms with Crippen LogP contribution in [0, 0.1) is 0 Å². The molecule has 0 unspecified atom stereocenters. The van der Waals surface area contributed by atoms with Gasteiger partial charge in [0.1, 0.15) is 0 Å². The summed E-state index contributed by atoms with van der Waals surface area (Å²) in [7, 11) is 0. The van der Waals surface area contributed by atoms with Gasteiger partial charge in [-0.3, -0.25) is 0 Å².